The summed E-state index contributed by atoms with van der Waals surface area (Å²) < 4.78 is 5.05. The van der Waals surface area contributed by atoms with Crippen molar-refractivity contribution in [2.45, 2.75) is 6.54 Å². The molecule has 7 heteroatoms. The largest absolute Gasteiger partial charge is 0.482 e. The minimum atomic E-state index is -0.994. The molecule has 102 valence electrons. The van der Waals surface area contributed by atoms with Crippen molar-refractivity contribution in [3.8, 4) is 16.3 Å². The molecule has 0 saturated heterocycles. The van der Waals surface area contributed by atoms with E-state index < -0.39 is 5.97 Å². The fourth-order valence-electron chi connectivity index (χ4n) is 1.37. The summed E-state index contributed by atoms with van der Waals surface area (Å²) in [5, 5.41) is 9.38. The van der Waals surface area contributed by atoms with Crippen LogP contribution in [0.2, 0.25) is 0 Å². The molecule has 1 heterocycles. The van der Waals surface area contributed by atoms with Crippen molar-refractivity contribution in [1.29, 1.82) is 0 Å². The summed E-state index contributed by atoms with van der Waals surface area (Å²) in [7, 11) is 0. The van der Waals surface area contributed by atoms with Crippen molar-refractivity contribution >= 4 is 29.7 Å². The molecule has 1 aromatic heterocycles. The van der Waals surface area contributed by atoms with Crippen LogP contribution in [0.3, 0.4) is 0 Å². The molecule has 0 amide bonds. The number of benzene rings is 1. The summed E-state index contributed by atoms with van der Waals surface area (Å²) in [5.74, 6) is -0.469. The van der Waals surface area contributed by atoms with Crippen molar-refractivity contribution in [2.75, 3.05) is 6.61 Å². The van der Waals surface area contributed by atoms with Crippen LogP contribution in [0.15, 0.2) is 30.5 Å². The van der Waals surface area contributed by atoms with E-state index in [9.17, 15) is 4.79 Å². The second-order valence-corrected chi connectivity index (χ2v) is 4.66. The van der Waals surface area contributed by atoms with Gasteiger partial charge in [-0.3, -0.25) is 0 Å². The Bertz CT molecular complexity index is 542. The predicted octanol–water partition coefficient (Wildman–Crippen LogP) is 2.15. The lowest BCUT2D eigenvalue weighted by Gasteiger charge is -2.03. The first kappa shape index (κ1) is 15.4. The van der Waals surface area contributed by atoms with Gasteiger partial charge in [0.15, 0.2) is 6.61 Å². The Hall–Kier alpha value is -1.63. The van der Waals surface area contributed by atoms with E-state index in [0.717, 1.165) is 15.4 Å². The van der Waals surface area contributed by atoms with Gasteiger partial charge in [0.25, 0.3) is 0 Å². The van der Waals surface area contributed by atoms with Crippen LogP contribution in [-0.2, 0) is 11.3 Å². The number of carboxylic acids is 1. The lowest BCUT2D eigenvalue weighted by molar-refractivity contribution is -0.139. The molecule has 0 unspecified atom stereocenters. The zero-order valence-electron chi connectivity index (χ0n) is 9.91. The molecule has 0 saturated carbocycles. The number of carbonyl (C=O) groups is 1. The Morgan fingerprint density at radius 2 is 2.05 bits per heavy atom. The molecule has 0 fully saturated rings. The molecule has 0 aliphatic rings. The van der Waals surface area contributed by atoms with Crippen molar-refractivity contribution in [3.63, 3.8) is 0 Å². The second kappa shape index (κ2) is 7.08. The van der Waals surface area contributed by atoms with Gasteiger partial charge in [-0.05, 0) is 24.3 Å². The maximum absolute atomic E-state index is 10.4. The molecule has 5 nitrogen and oxygen atoms in total. The van der Waals surface area contributed by atoms with Crippen molar-refractivity contribution in [1.82, 2.24) is 4.98 Å². The Morgan fingerprint density at radius 3 is 2.58 bits per heavy atom. The third kappa shape index (κ3) is 4.20. The number of rotatable bonds is 5. The first-order valence-corrected chi connectivity index (χ1v) is 6.10. The summed E-state index contributed by atoms with van der Waals surface area (Å²) in [6, 6.07) is 7.14. The average molecular weight is 301 g/mol. The number of halogens is 1. The number of ether oxygens (including phenoxy) is 1. The van der Waals surface area contributed by atoms with Crippen molar-refractivity contribution in [3.05, 3.63) is 35.3 Å². The number of thiazole rings is 1. The summed E-state index contributed by atoms with van der Waals surface area (Å²) >= 11 is 1.54. The van der Waals surface area contributed by atoms with Crippen LogP contribution < -0.4 is 10.5 Å². The van der Waals surface area contributed by atoms with Crippen LogP contribution in [0.1, 0.15) is 4.88 Å². The molecule has 0 atom stereocenters. The van der Waals surface area contributed by atoms with Crippen LogP contribution in [0.4, 0.5) is 0 Å². The monoisotopic (exact) mass is 300 g/mol. The average Bonchev–Trinajstić information content (AvgIpc) is 2.85. The van der Waals surface area contributed by atoms with E-state index in [2.05, 4.69) is 4.98 Å². The summed E-state index contributed by atoms with van der Waals surface area (Å²) in [6.45, 7) is 0.144. The first-order valence-electron chi connectivity index (χ1n) is 5.29. The van der Waals surface area contributed by atoms with Gasteiger partial charge in [0, 0.05) is 23.2 Å². The van der Waals surface area contributed by atoms with Gasteiger partial charge in [-0.15, -0.1) is 23.7 Å². The molecule has 2 rings (SSSR count). The van der Waals surface area contributed by atoms with Crippen molar-refractivity contribution in [2.24, 2.45) is 5.73 Å². The minimum Gasteiger partial charge on any atom is -0.482 e. The van der Waals surface area contributed by atoms with Gasteiger partial charge in [0.1, 0.15) is 10.8 Å². The topological polar surface area (TPSA) is 85.4 Å². The quantitative estimate of drug-likeness (QED) is 0.883. The van der Waals surface area contributed by atoms with Crippen LogP contribution in [-0.4, -0.2) is 22.7 Å². The van der Waals surface area contributed by atoms with Crippen LogP contribution >= 0.6 is 23.7 Å². The van der Waals surface area contributed by atoms with E-state index in [4.69, 9.17) is 15.6 Å². The summed E-state index contributed by atoms with van der Waals surface area (Å²) in [5.41, 5.74) is 6.49. The Labute approximate surface area is 120 Å². The van der Waals surface area contributed by atoms with Gasteiger partial charge in [-0.25, -0.2) is 9.78 Å². The third-order valence-electron chi connectivity index (χ3n) is 2.22. The molecular formula is C12H13ClN2O3S. The molecule has 0 radical (unpaired) electrons. The van der Waals surface area contributed by atoms with Crippen LogP contribution in [0, 0.1) is 0 Å². The van der Waals surface area contributed by atoms with Gasteiger partial charge in [-0.2, -0.15) is 0 Å². The summed E-state index contributed by atoms with van der Waals surface area (Å²) in [4.78, 5) is 15.6. The standard InChI is InChI=1S/C12H12N2O3S.ClH/c13-5-10-6-14-12(18-10)8-1-3-9(4-2-8)17-7-11(15)16;/h1-4,6H,5,7,13H2,(H,15,16);1H. The van der Waals surface area contributed by atoms with Crippen molar-refractivity contribution < 1.29 is 14.6 Å². The second-order valence-electron chi connectivity index (χ2n) is 3.54. The zero-order valence-corrected chi connectivity index (χ0v) is 11.5. The highest BCUT2D eigenvalue weighted by Gasteiger charge is 2.04. The first-order chi connectivity index (χ1) is 8.69. The molecule has 0 aliphatic carbocycles. The molecular weight excluding hydrogens is 288 g/mol. The lowest BCUT2D eigenvalue weighted by Crippen LogP contribution is -2.09. The van der Waals surface area contributed by atoms with Gasteiger partial charge >= 0.3 is 5.97 Å². The fourth-order valence-corrected chi connectivity index (χ4v) is 2.17. The van der Waals surface area contributed by atoms with E-state index in [1.807, 2.05) is 12.1 Å². The predicted molar refractivity (Wildman–Crippen MR) is 75.8 cm³/mol. The molecule has 0 bridgehead atoms. The number of carboxylic acid groups (broad SMARTS) is 1. The number of aromatic nitrogens is 1. The Kier molecular flexibility index (Phi) is 5.75. The fraction of sp³-hybridized carbons (Fsp3) is 0.167. The van der Waals surface area contributed by atoms with Crippen LogP contribution in [0.5, 0.6) is 5.75 Å². The van der Waals surface area contributed by atoms with E-state index in [-0.39, 0.29) is 19.0 Å². The van der Waals surface area contributed by atoms with Crippen LogP contribution in [0.25, 0.3) is 10.6 Å². The lowest BCUT2D eigenvalue weighted by atomic mass is 10.2. The smallest absolute Gasteiger partial charge is 0.341 e. The molecule has 0 aliphatic heterocycles. The minimum absolute atomic E-state index is 0. The molecule has 2 aromatic rings. The number of nitrogens with zero attached hydrogens (tertiary/aromatic N) is 1. The van der Waals surface area contributed by atoms with E-state index >= 15 is 0 Å². The SMILES string of the molecule is Cl.NCc1cnc(-c2ccc(OCC(=O)O)cc2)s1. The van der Waals surface area contributed by atoms with E-state index in [1.54, 1.807) is 18.3 Å². The van der Waals surface area contributed by atoms with Gasteiger partial charge in [0.2, 0.25) is 0 Å². The molecule has 3 N–H and O–H groups in total. The molecule has 0 spiro atoms. The summed E-state index contributed by atoms with van der Waals surface area (Å²) in [6.07, 6.45) is 1.76. The molecule has 19 heavy (non-hydrogen) atoms. The Morgan fingerprint density at radius 1 is 1.37 bits per heavy atom. The number of nitrogens with two attached hydrogens (primary N) is 1. The number of hydrogen-bond acceptors (Lipinski definition) is 5. The maximum atomic E-state index is 10.4. The third-order valence-corrected chi connectivity index (χ3v) is 3.29. The number of hydrogen-bond donors (Lipinski definition) is 2. The normalized spacial score (nSPS) is 9.74. The Balaban J connectivity index is 0.00000180. The van der Waals surface area contributed by atoms with E-state index in [0.29, 0.717) is 12.3 Å². The molecule has 1 aromatic carbocycles. The highest BCUT2D eigenvalue weighted by atomic mass is 35.5. The van der Waals surface area contributed by atoms with E-state index in [1.165, 1.54) is 11.3 Å². The highest BCUT2D eigenvalue weighted by molar-refractivity contribution is 7.15. The number of aliphatic carboxylic acids is 1. The zero-order chi connectivity index (χ0) is 13.0. The van der Waals surface area contributed by atoms with Gasteiger partial charge < -0.3 is 15.6 Å². The maximum Gasteiger partial charge on any atom is 0.341 e. The van der Waals surface area contributed by atoms with Gasteiger partial charge in [-0.1, -0.05) is 0 Å². The van der Waals surface area contributed by atoms with Gasteiger partial charge in [0.05, 0.1) is 0 Å². The highest BCUT2D eigenvalue weighted by Crippen LogP contribution is 2.26.